The molecule has 6 heteroatoms. The zero-order valence-corrected chi connectivity index (χ0v) is 15.4. The molecule has 25 heavy (non-hydrogen) atoms. The number of halogens is 1. The number of aliphatic hydroxyl groups is 1. The molecule has 0 spiro atoms. The lowest BCUT2D eigenvalue weighted by Gasteiger charge is -2.15. The van der Waals surface area contributed by atoms with Crippen LogP contribution in [0.1, 0.15) is 39.5 Å². The van der Waals surface area contributed by atoms with Gasteiger partial charge in [0, 0.05) is 26.2 Å². The normalized spacial score (nSPS) is 12.7. The number of aliphatic hydroxyl groups excluding tert-OH is 1. The van der Waals surface area contributed by atoms with E-state index in [4.69, 9.17) is 9.84 Å². The van der Waals surface area contributed by atoms with Crippen LogP contribution in [0.4, 0.5) is 4.39 Å². The van der Waals surface area contributed by atoms with Gasteiger partial charge >= 0.3 is 0 Å². The van der Waals surface area contributed by atoms with Gasteiger partial charge in [0.05, 0.1) is 6.61 Å². The summed E-state index contributed by atoms with van der Waals surface area (Å²) in [6.45, 7) is 7.22. The average molecular weight is 353 g/mol. The number of nitrogens with zero attached hydrogens (tertiary/aromatic N) is 1. The second-order valence-corrected chi connectivity index (χ2v) is 5.97. The van der Waals surface area contributed by atoms with Crippen LogP contribution in [0.15, 0.2) is 29.3 Å². The lowest BCUT2D eigenvalue weighted by atomic mass is 10.0. The number of guanidine groups is 1. The van der Waals surface area contributed by atoms with Crippen LogP contribution in [0.3, 0.4) is 0 Å². The molecule has 5 nitrogen and oxygen atoms in total. The fourth-order valence-electron chi connectivity index (χ4n) is 2.48. The van der Waals surface area contributed by atoms with Crippen molar-refractivity contribution in [3.8, 4) is 5.75 Å². The standard InChI is InChI=1S/C19H32FN3O2/c1-3-6-16(11-13-24)15-23-19(21-4-2)22-12-5-14-25-18-9-7-17(20)8-10-18/h7-10,16,24H,3-6,11-15H2,1-2H3,(H2,21,22,23). The third-order valence-electron chi connectivity index (χ3n) is 3.78. The van der Waals surface area contributed by atoms with E-state index in [0.29, 0.717) is 18.3 Å². The van der Waals surface area contributed by atoms with Crippen LogP contribution in [0.5, 0.6) is 5.75 Å². The molecule has 1 aromatic carbocycles. The number of rotatable bonds is 12. The van der Waals surface area contributed by atoms with Crippen LogP contribution in [-0.2, 0) is 0 Å². The summed E-state index contributed by atoms with van der Waals surface area (Å²) in [5, 5.41) is 15.7. The summed E-state index contributed by atoms with van der Waals surface area (Å²) in [6, 6.07) is 6.04. The summed E-state index contributed by atoms with van der Waals surface area (Å²) in [4.78, 5) is 4.62. The minimum atomic E-state index is -0.261. The Labute approximate surface area is 150 Å². The summed E-state index contributed by atoms with van der Waals surface area (Å²) in [6.07, 6.45) is 3.79. The van der Waals surface area contributed by atoms with Gasteiger partial charge in [0.2, 0.25) is 0 Å². The zero-order chi connectivity index (χ0) is 18.3. The van der Waals surface area contributed by atoms with Crippen molar-refractivity contribution in [1.29, 1.82) is 0 Å². The Balaban J connectivity index is 2.31. The molecule has 0 aliphatic carbocycles. The third kappa shape index (κ3) is 9.92. The molecular weight excluding hydrogens is 321 g/mol. The summed E-state index contributed by atoms with van der Waals surface area (Å²) in [7, 11) is 0. The lowest BCUT2D eigenvalue weighted by Crippen LogP contribution is -2.38. The van der Waals surface area contributed by atoms with Crippen molar-refractivity contribution in [2.45, 2.75) is 39.5 Å². The Morgan fingerprint density at radius 3 is 2.60 bits per heavy atom. The predicted molar refractivity (Wildman–Crippen MR) is 101 cm³/mol. The van der Waals surface area contributed by atoms with Crippen LogP contribution >= 0.6 is 0 Å². The average Bonchev–Trinajstić information content (AvgIpc) is 2.61. The molecular formula is C19H32FN3O2. The molecule has 0 fully saturated rings. The highest BCUT2D eigenvalue weighted by atomic mass is 19.1. The van der Waals surface area contributed by atoms with Crippen molar-refractivity contribution >= 4 is 5.96 Å². The van der Waals surface area contributed by atoms with Crippen molar-refractivity contribution in [1.82, 2.24) is 10.6 Å². The Bertz CT molecular complexity index is 474. The van der Waals surface area contributed by atoms with Crippen molar-refractivity contribution in [2.24, 2.45) is 10.9 Å². The highest BCUT2D eigenvalue weighted by Gasteiger charge is 2.07. The van der Waals surface area contributed by atoms with Gasteiger partial charge in [-0.15, -0.1) is 0 Å². The molecule has 0 amide bonds. The smallest absolute Gasteiger partial charge is 0.191 e. The van der Waals surface area contributed by atoms with Gasteiger partial charge in [0.1, 0.15) is 11.6 Å². The Hall–Kier alpha value is -1.82. The predicted octanol–water partition coefficient (Wildman–Crippen LogP) is 2.95. The minimum Gasteiger partial charge on any atom is -0.494 e. The lowest BCUT2D eigenvalue weighted by molar-refractivity contribution is 0.253. The van der Waals surface area contributed by atoms with E-state index in [2.05, 4.69) is 22.5 Å². The van der Waals surface area contributed by atoms with E-state index in [9.17, 15) is 4.39 Å². The Morgan fingerprint density at radius 1 is 1.20 bits per heavy atom. The fraction of sp³-hybridized carbons (Fsp3) is 0.632. The van der Waals surface area contributed by atoms with E-state index in [-0.39, 0.29) is 12.4 Å². The monoisotopic (exact) mass is 353 g/mol. The van der Waals surface area contributed by atoms with Gasteiger partial charge in [0.25, 0.3) is 0 Å². The van der Waals surface area contributed by atoms with E-state index >= 15 is 0 Å². The number of benzene rings is 1. The molecule has 1 unspecified atom stereocenters. The molecule has 0 saturated heterocycles. The van der Waals surface area contributed by atoms with Crippen molar-refractivity contribution in [3.63, 3.8) is 0 Å². The molecule has 1 aromatic rings. The number of aliphatic imine (C=N–C) groups is 1. The Kier molecular flexibility index (Phi) is 11.4. The van der Waals surface area contributed by atoms with Gasteiger partial charge in [-0.05, 0) is 56.4 Å². The molecule has 1 rings (SSSR count). The van der Waals surface area contributed by atoms with Crippen LogP contribution in [-0.4, -0.2) is 43.9 Å². The molecule has 1 atom stereocenters. The topological polar surface area (TPSA) is 65.9 Å². The highest BCUT2D eigenvalue weighted by molar-refractivity contribution is 5.79. The number of hydrogen-bond donors (Lipinski definition) is 3. The first-order chi connectivity index (χ1) is 12.2. The SMILES string of the molecule is CCCC(CCO)CN=C(NCC)NCCCOc1ccc(F)cc1. The molecule has 0 saturated carbocycles. The quantitative estimate of drug-likeness (QED) is 0.307. The van der Waals surface area contributed by atoms with Crippen molar-refractivity contribution in [2.75, 3.05) is 32.8 Å². The van der Waals surface area contributed by atoms with E-state index in [1.54, 1.807) is 12.1 Å². The first kappa shape index (κ1) is 21.2. The number of hydrogen-bond acceptors (Lipinski definition) is 3. The van der Waals surface area contributed by atoms with E-state index in [0.717, 1.165) is 51.3 Å². The maximum atomic E-state index is 12.8. The van der Waals surface area contributed by atoms with E-state index < -0.39 is 0 Å². The molecule has 0 heterocycles. The summed E-state index contributed by atoms with van der Waals surface area (Å²) in [5.41, 5.74) is 0. The van der Waals surface area contributed by atoms with Crippen LogP contribution < -0.4 is 15.4 Å². The van der Waals surface area contributed by atoms with Gasteiger partial charge in [0.15, 0.2) is 5.96 Å². The largest absolute Gasteiger partial charge is 0.494 e. The maximum absolute atomic E-state index is 12.8. The molecule has 3 N–H and O–H groups in total. The molecule has 0 aliphatic rings. The molecule has 0 bridgehead atoms. The fourth-order valence-corrected chi connectivity index (χ4v) is 2.48. The molecule has 0 aromatic heterocycles. The number of nitrogens with one attached hydrogen (secondary N) is 2. The summed E-state index contributed by atoms with van der Waals surface area (Å²) in [5.74, 6) is 1.63. The summed E-state index contributed by atoms with van der Waals surface area (Å²) >= 11 is 0. The first-order valence-corrected chi connectivity index (χ1v) is 9.21. The zero-order valence-electron chi connectivity index (χ0n) is 15.4. The first-order valence-electron chi connectivity index (χ1n) is 9.21. The highest BCUT2D eigenvalue weighted by Crippen LogP contribution is 2.11. The van der Waals surface area contributed by atoms with Gasteiger partial charge in [-0.2, -0.15) is 0 Å². The van der Waals surface area contributed by atoms with E-state index in [1.165, 1.54) is 12.1 Å². The van der Waals surface area contributed by atoms with Gasteiger partial charge in [-0.25, -0.2) is 4.39 Å². The van der Waals surface area contributed by atoms with Gasteiger partial charge in [-0.3, -0.25) is 4.99 Å². The molecule has 142 valence electrons. The molecule has 0 radical (unpaired) electrons. The number of ether oxygens (including phenoxy) is 1. The van der Waals surface area contributed by atoms with Crippen molar-refractivity contribution < 1.29 is 14.2 Å². The molecule has 0 aliphatic heterocycles. The van der Waals surface area contributed by atoms with E-state index in [1.807, 2.05) is 6.92 Å². The minimum absolute atomic E-state index is 0.213. The van der Waals surface area contributed by atoms with Crippen molar-refractivity contribution in [3.05, 3.63) is 30.1 Å². The van der Waals surface area contributed by atoms with Crippen LogP contribution in [0.2, 0.25) is 0 Å². The van der Waals surface area contributed by atoms with Crippen LogP contribution in [0.25, 0.3) is 0 Å². The summed E-state index contributed by atoms with van der Waals surface area (Å²) < 4.78 is 18.4. The van der Waals surface area contributed by atoms with Crippen LogP contribution in [0, 0.1) is 11.7 Å². The third-order valence-corrected chi connectivity index (χ3v) is 3.78. The van der Waals surface area contributed by atoms with Gasteiger partial charge < -0.3 is 20.5 Å². The Morgan fingerprint density at radius 2 is 1.96 bits per heavy atom. The second-order valence-electron chi connectivity index (χ2n) is 5.97. The second kappa shape index (κ2) is 13.5. The van der Waals surface area contributed by atoms with Gasteiger partial charge in [-0.1, -0.05) is 13.3 Å². The maximum Gasteiger partial charge on any atom is 0.191 e.